The fourth-order valence-corrected chi connectivity index (χ4v) is 7.26. The topological polar surface area (TPSA) is 63.6 Å². The second-order valence-corrected chi connectivity index (χ2v) is 11.0. The summed E-state index contributed by atoms with van der Waals surface area (Å²) in [5.74, 6) is -0.502. The van der Waals surface area contributed by atoms with Crippen molar-refractivity contribution in [3.63, 3.8) is 0 Å². The highest BCUT2D eigenvalue weighted by Gasteiger charge is 2.68. The molecular formula is C28H36O4. The molecule has 3 fully saturated rings. The highest BCUT2D eigenvalue weighted by atomic mass is 16.5. The Bertz CT molecular complexity index is 951. The average molecular weight is 437 g/mol. The van der Waals surface area contributed by atoms with Gasteiger partial charge in [0, 0.05) is 22.7 Å². The molecule has 32 heavy (non-hydrogen) atoms. The van der Waals surface area contributed by atoms with E-state index >= 15 is 0 Å². The van der Waals surface area contributed by atoms with Crippen LogP contribution in [0.1, 0.15) is 63.7 Å². The Morgan fingerprint density at radius 3 is 2.50 bits per heavy atom. The van der Waals surface area contributed by atoms with Gasteiger partial charge in [0.2, 0.25) is 0 Å². The van der Waals surface area contributed by atoms with Crippen LogP contribution in [-0.4, -0.2) is 29.1 Å². The van der Waals surface area contributed by atoms with E-state index in [1.807, 2.05) is 31.2 Å². The Hall–Kier alpha value is -2.20. The van der Waals surface area contributed by atoms with Crippen molar-refractivity contribution in [2.45, 2.75) is 65.6 Å². The van der Waals surface area contributed by atoms with Gasteiger partial charge in [-0.25, -0.2) is 4.79 Å². The Kier molecular flexibility index (Phi) is 5.52. The van der Waals surface area contributed by atoms with Crippen molar-refractivity contribution >= 4 is 11.8 Å². The summed E-state index contributed by atoms with van der Waals surface area (Å²) >= 11 is 0. The van der Waals surface area contributed by atoms with Gasteiger partial charge in [-0.05, 0) is 54.7 Å². The largest absolute Gasteiger partial charge is 0.458 e. The molecule has 1 N–H and O–H groups in total. The monoisotopic (exact) mass is 436 g/mol. The molecule has 0 saturated heterocycles. The predicted molar refractivity (Wildman–Crippen MR) is 125 cm³/mol. The van der Waals surface area contributed by atoms with Gasteiger partial charge in [-0.2, -0.15) is 0 Å². The van der Waals surface area contributed by atoms with Crippen LogP contribution in [0.2, 0.25) is 0 Å². The van der Waals surface area contributed by atoms with E-state index in [-0.39, 0.29) is 34.9 Å². The first-order valence-corrected chi connectivity index (χ1v) is 11.8. The third-order valence-corrected chi connectivity index (χ3v) is 9.53. The number of carbonyl (C=O) groups is 2. The minimum absolute atomic E-state index is 0.0836. The first-order valence-electron chi connectivity index (χ1n) is 11.8. The number of Topliss-reactive ketones (excluding diaryl/α,β-unsaturated/α-hetero) is 1. The van der Waals surface area contributed by atoms with Crippen LogP contribution in [0.4, 0.5) is 0 Å². The van der Waals surface area contributed by atoms with E-state index in [1.165, 1.54) is 0 Å². The second-order valence-electron chi connectivity index (χ2n) is 11.0. The minimum atomic E-state index is -0.717. The van der Waals surface area contributed by atoms with Crippen LogP contribution in [0.25, 0.3) is 0 Å². The lowest BCUT2D eigenvalue weighted by atomic mass is 9.44. The summed E-state index contributed by atoms with van der Waals surface area (Å²) in [6.45, 7) is 16.6. The van der Waals surface area contributed by atoms with E-state index < -0.39 is 23.0 Å². The maximum absolute atomic E-state index is 13.5. The molecule has 0 aliphatic heterocycles. The molecule has 2 bridgehead atoms. The molecule has 3 aliphatic rings. The van der Waals surface area contributed by atoms with Gasteiger partial charge < -0.3 is 9.84 Å². The molecule has 1 aromatic carbocycles. The van der Waals surface area contributed by atoms with E-state index in [4.69, 9.17) is 4.74 Å². The number of rotatable bonds is 3. The van der Waals surface area contributed by atoms with Crippen LogP contribution in [0.3, 0.4) is 0 Å². The lowest BCUT2D eigenvalue weighted by molar-refractivity contribution is -0.191. The lowest BCUT2D eigenvalue weighted by Crippen LogP contribution is -2.62. The lowest BCUT2D eigenvalue weighted by Gasteiger charge is -2.61. The normalized spacial score (nSPS) is 43.7. The van der Waals surface area contributed by atoms with Gasteiger partial charge in [0.1, 0.15) is 6.10 Å². The van der Waals surface area contributed by atoms with E-state index in [1.54, 1.807) is 12.1 Å². The molecule has 3 saturated carbocycles. The number of hydrogen-bond acceptors (Lipinski definition) is 4. The molecule has 4 rings (SSSR count). The summed E-state index contributed by atoms with van der Waals surface area (Å²) in [7, 11) is 0. The molecule has 0 heterocycles. The summed E-state index contributed by atoms with van der Waals surface area (Å²) in [5.41, 5.74) is -0.432. The molecule has 3 aliphatic carbocycles. The SMILES string of the molecule is C=C[C@]1(C)C[C@@H](O)[C@]2(C)[C@H](C)CC[C@]3(CC(=C)C(=O)[C@H]32)[C@@H](C)[C@@H]1OC(=O)c1ccccc1. The van der Waals surface area contributed by atoms with E-state index in [0.29, 0.717) is 24.0 Å². The molecule has 0 spiro atoms. The maximum Gasteiger partial charge on any atom is 0.338 e. The number of benzene rings is 1. The smallest absolute Gasteiger partial charge is 0.338 e. The Labute approximate surface area is 191 Å². The zero-order valence-electron chi connectivity index (χ0n) is 19.8. The van der Waals surface area contributed by atoms with Crippen LogP contribution in [0.5, 0.6) is 0 Å². The fraction of sp³-hybridized carbons (Fsp3) is 0.571. The van der Waals surface area contributed by atoms with Crippen molar-refractivity contribution in [2.75, 3.05) is 0 Å². The quantitative estimate of drug-likeness (QED) is 0.393. The van der Waals surface area contributed by atoms with Gasteiger partial charge in [0.25, 0.3) is 0 Å². The van der Waals surface area contributed by atoms with Crippen LogP contribution in [0, 0.1) is 34.0 Å². The molecule has 4 heteroatoms. The van der Waals surface area contributed by atoms with Crippen LogP contribution in [-0.2, 0) is 9.53 Å². The van der Waals surface area contributed by atoms with Crippen molar-refractivity contribution in [1.29, 1.82) is 0 Å². The highest BCUT2D eigenvalue weighted by molar-refractivity contribution is 6.00. The second kappa shape index (κ2) is 7.69. The van der Waals surface area contributed by atoms with E-state index in [0.717, 1.165) is 12.8 Å². The van der Waals surface area contributed by atoms with Crippen molar-refractivity contribution in [1.82, 2.24) is 0 Å². The Balaban J connectivity index is 1.85. The molecule has 1 aromatic rings. The molecule has 0 aromatic heterocycles. The molecule has 0 amide bonds. The number of ketones is 1. The van der Waals surface area contributed by atoms with Crippen molar-refractivity contribution in [3.8, 4) is 0 Å². The molecule has 0 radical (unpaired) electrons. The van der Waals surface area contributed by atoms with Crippen molar-refractivity contribution < 1.29 is 19.4 Å². The number of aliphatic hydroxyl groups is 1. The summed E-state index contributed by atoms with van der Waals surface area (Å²) in [6, 6.07) is 8.99. The average Bonchev–Trinajstić information content (AvgIpc) is 3.05. The van der Waals surface area contributed by atoms with E-state index in [2.05, 4.69) is 33.9 Å². The molecule has 0 unspecified atom stereocenters. The van der Waals surface area contributed by atoms with Crippen LogP contribution < -0.4 is 0 Å². The number of allylic oxidation sites excluding steroid dienone is 1. The number of ether oxygens (including phenoxy) is 1. The number of carbonyl (C=O) groups excluding carboxylic acids is 2. The third-order valence-electron chi connectivity index (χ3n) is 9.53. The summed E-state index contributed by atoms with van der Waals surface area (Å²) in [4.78, 5) is 26.6. The number of esters is 1. The number of aliphatic hydroxyl groups excluding tert-OH is 1. The van der Waals surface area contributed by atoms with Gasteiger partial charge in [0.05, 0.1) is 11.7 Å². The van der Waals surface area contributed by atoms with Crippen molar-refractivity contribution in [3.05, 3.63) is 60.7 Å². The molecule has 4 nitrogen and oxygen atoms in total. The van der Waals surface area contributed by atoms with Gasteiger partial charge in [-0.1, -0.05) is 58.5 Å². The zero-order chi connectivity index (χ0) is 23.5. The highest BCUT2D eigenvalue weighted by Crippen LogP contribution is 2.68. The molecule has 172 valence electrons. The van der Waals surface area contributed by atoms with Gasteiger partial charge >= 0.3 is 5.97 Å². The van der Waals surface area contributed by atoms with E-state index in [9.17, 15) is 14.7 Å². The molecular weight excluding hydrogens is 400 g/mol. The van der Waals surface area contributed by atoms with Gasteiger partial charge in [-0.15, -0.1) is 6.58 Å². The maximum atomic E-state index is 13.5. The first-order chi connectivity index (χ1) is 15.0. The fourth-order valence-electron chi connectivity index (χ4n) is 7.26. The zero-order valence-corrected chi connectivity index (χ0v) is 19.8. The van der Waals surface area contributed by atoms with Gasteiger partial charge in [0.15, 0.2) is 5.78 Å². The minimum Gasteiger partial charge on any atom is -0.458 e. The summed E-state index contributed by atoms with van der Waals surface area (Å²) in [5, 5.41) is 11.7. The first kappa shape index (κ1) is 23.0. The third kappa shape index (κ3) is 3.06. The molecule has 8 atom stereocenters. The standard InChI is InChI=1S/C28H36O4/c1-7-26(5)16-21(29)27(6)18(3)13-14-28(15-17(2)22(30)23(27)28)19(4)24(26)32-25(31)20-11-9-8-10-12-20/h7-12,18-19,21,23-24,29H,1-2,13-16H2,3-6H3/t18-,19+,21-,23+,24+,26-,27+,28+/m1/s1. The number of hydrogen-bond donors (Lipinski definition) is 1. The predicted octanol–water partition coefficient (Wildman–Crippen LogP) is 5.37. The Morgan fingerprint density at radius 1 is 1.22 bits per heavy atom. The van der Waals surface area contributed by atoms with Gasteiger partial charge in [-0.3, -0.25) is 4.79 Å². The van der Waals surface area contributed by atoms with Crippen LogP contribution >= 0.6 is 0 Å². The summed E-state index contributed by atoms with van der Waals surface area (Å²) < 4.78 is 6.24. The van der Waals surface area contributed by atoms with Crippen LogP contribution in [0.15, 0.2) is 55.1 Å². The summed E-state index contributed by atoms with van der Waals surface area (Å²) in [6.07, 6.45) is 3.38. The Morgan fingerprint density at radius 2 is 1.88 bits per heavy atom. The van der Waals surface area contributed by atoms with Crippen molar-refractivity contribution in [2.24, 2.45) is 34.0 Å².